The van der Waals surface area contributed by atoms with Crippen LogP contribution in [0.5, 0.6) is 0 Å². The number of para-hydroxylation sites is 1. The Morgan fingerprint density at radius 2 is 0.859 bits per heavy atom. The molecular weight excluding hydrogens is 775 g/mol. The fraction of sp³-hybridized carbons (Fsp3) is 0.0645. The maximum Gasteiger partial charge on any atom is 0.137 e. The van der Waals surface area contributed by atoms with Crippen molar-refractivity contribution in [3.05, 3.63) is 280 Å². The van der Waals surface area contributed by atoms with E-state index < -0.39 is 10.8 Å². The first-order valence-corrected chi connectivity index (χ1v) is 22.3. The lowest BCUT2D eigenvalue weighted by Crippen LogP contribution is -2.44. The molecule has 2 nitrogen and oxygen atoms in total. The van der Waals surface area contributed by atoms with Crippen molar-refractivity contribution in [3.8, 4) is 22.3 Å². The maximum atomic E-state index is 6.54. The molecule has 0 bridgehead atoms. The van der Waals surface area contributed by atoms with Gasteiger partial charge in [-0.25, -0.2) is 0 Å². The van der Waals surface area contributed by atoms with Crippen LogP contribution in [0.4, 0.5) is 11.4 Å². The molecule has 2 heteroatoms. The van der Waals surface area contributed by atoms with Crippen molar-refractivity contribution in [2.45, 2.75) is 24.7 Å². The second-order valence-electron chi connectivity index (χ2n) is 17.6. The number of fused-ring (bicyclic) bond motifs is 16. The lowest BCUT2D eigenvalue weighted by Gasteiger charge is -2.49. The van der Waals surface area contributed by atoms with Crippen molar-refractivity contribution >= 4 is 38.9 Å². The van der Waals surface area contributed by atoms with Gasteiger partial charge in [0.1, 0.15) is 11.2 Å². The van der Waals surface area contributed by atoms with Crippen molar-refractivity contribution in [2.75, 3.05) is 4.90 Å². The Bertz CT molecular complexity index is 3490. The third-order valence-electron chi connectivity index (χ3n) is 14.5. The van der Waals surface area contributed by atoms with Crippen LogP contribution in [0.1, 0.15) is 58.4 Å². The van der Waals surface area contributed by atoms with E-state index in [1.54, 1.807) is 0 Å². The molecule has 0 atom stereocenters. The summed E-state index contributed by atoms with van der Waals surface area (Å²) in [6.45, 7) is 4.61. The minimum Gasteiger partial charge on any atom is -0.456 e. The van der Waals surface area contributed by atoms with Gasteiger partial charge in [-0.2, -0.15) is 0 Å². The van der Waals surface area contributed by atoms with E-state index >= 15 is 0 Å². The number of hydrogen-bond donors (Lipinski definition) is 0. The highest BCUT2D eigenvalue weighted by atomic mass is 16.3. The number of hydrogen-bond acceptors (Lipinski definition) is 2. The lowest BCUT2D eigenvalue weighted by atomic mass is 9.52. The third kappa shape index (κ3) is 4.85. The molecule has 3 aliphatic carbocycles. The number of benzene rings is 9. The highest BCUT2D eigenvalue weighted by molar-refractivity contribution is 6.06. The van der Waals surface area contributed by atoms with Crippen LogP contribution in [0.2, 0.25) is 0 Å². The summed E-state index contributed by atoms with van der Waals surface area (Å²) in [5.74, 6) is 0. The molecule has 1 aromatic heterocycles. The summed E-state index contributed by atoms with van der Waals surface area (Å²) in [5, 5.41) is 2.24. The zero-order valence-corrected chi connectivity index (χ0v) is 35.7. The first-order chi connectivity index (χ1) is 31.6. The van der Waals surface area contributed by atoms with Gasteiger partial charge in [-0.3, -0.25) is 0 Å². The molecule has 302 valence electrons. The van der Waals surface area contributed by atoms with Crippen LogP contribution in [0.15, 0.2) is 240 Å². The zero-order chi connectivity index (χ0) is 42.6. The number of rotatable bonds is 5. The predicted octanol–water partition coefficient (Wildman–Crippen LogP) is 15.8. The van der Waals surface area contributed by atoms with Gasteiger partial charge < -0.3 is 9.32 Å². The summed E-state index contributed by atoms with van der Waals surface area (Å²) in [6, 6.07) is 80.6. The summed E-state index contributed by atoms with van der Waals surface area (Å²) in [7, 11) is 0. The number of allylic oxidation sites excluding steroid dienone is 4. The highest BCUT2D eigenvalue weighted by Crippen LogP contribution is 2.67. The molecule has 0 radical (unpaired) electrons. The molecule has 0 saturated carbocycles. The van der Waals surface area contributed by atoms with Crippen LogP contribution in [0.3, 0.4) is 0 Å². The molecule has 13 rings (SSSR count). The van der Waals surface area contributed by atoms with E-state index in [0.29, 0.717) is 0 Å². The molecule has 0 N–H and O–H groups in total. The van der Waals surface area contributed by atoms with Gasteiger partial charge in [-0.15, -0.1) is 0 Å². The van der Waals surface area contributed by atoms with E-state index in [1.807, 2.05) is 6.07 Å². The average molecular weight is 818 g/mol. The standard InChI is InChI=1S/C62H43NO/c1-40(63(44-34-32-43(33-35-44)42-18-4-3-5-19-42)45-36-37-50-49-23-9-17-31-59(49)64-60(50)39-45)38-58-41(2)46-20-6-10-24-51(46)62(58)56-29-15-13-27-54(56)61(55-28-14-16-30-57(55)62)52-25-11-7-21-47(52)48-22-8-12-26-53(48)61/h3-39H,1-2H3/b40-38+. The maximum absolute atomic E-state index is 6.54. The molecule has 2 spiro atoms. The van der Waals surface area contributed by atoms with Gasteiger partial charge in [0, 0.05) is 33.9 Å². The Balaban J connectivity index is 1.07. The predicted molar refractivity (Wildman–Crippen MR) is 264 cm³/mol. The summed E-state index contributed by atoms with van der Waals surface area (Å²) in [5.41, 5.74) is 22.1. The Morgan fingerprint density at radius 1 is 0.406 bits per heavy atom. The Morgan fingerprint density at radius 3 is 1.48 bits per heavy atom. The first-order valence-electron chi connectivity index (χ1n) is 22.3. The SMILES string of the molecule is CC1=C(/C=C(\C)N(c2ccc(-c3ccccc3)cc2)c2ccc3c(c2)oc2ccccc23)C2(c3ccccc31)c1ccccc1C1(c3ccccc3-c3ccccc31)c1ccccc12. The molecule has 0 unspecified atom stereocenters. The molecule has 0 aliphatic heterocycles. The van der Waals surface area contributed by atoms with Crippen LogP contribution in [0, 0.1) is 0 Å². The minimum absolute atomic E-state index is 0.491. The second kappa shape index (κ2) is 13.8. The van der Waals surface area contributed by atoms with Crippen molar-refractivity contribution in [1.82, 2.24) is 0 Å². The molecular formula is C62H43NO. The van der Waals surface area contributed by atoms with Crippen molar-refractivity contribution < 1.29 is 4.42 Å². The molecule has 0 saturated heterocycles. The van der Waals surface area contributed by atoms with Crippen LogP contribution in [-0.4, -0.2) is 0 Å². The van der Waals surface area contributed by atoms with Crippen LogP contribution in [0.25, 0.3) is 49.8 Å². The van der Waals surface area contributed by atoms with Crippen LogP contribution < -0.4 is 4.90 Å². The van der Waals surface area contributed by atoms with E-state index in [4.69, 9.17) is 4.42 Å². The van der Waals surface area contributed by atoms with Gasteiger partial charge in [0.05, 0.1) is 10.8 Å². The monoisotopic (exact) mass is 817 g/mol. The Hall–Kier alpha value is -7.94. The third-order valence-corrected chi connectivity index (χ3v) is 14.5. The number of nitrogens with zero attached hydrogens (tertiary/aromatic N) is 1. The summed E-state index contributed by atoms with van der Waals surface area (Å²) < 4.78 is 6.54. The molecule has 0 amide bonds. The summed E-state index contributed by atoms with van der Waals surface area (Å²) in [4.78, 5) is 2.41. The van der Waals surface area contributed by atoms with Gasteiger partial charge in [0.15, 0.2) is 0 Å². The number of anilines is 2. The summed E-state index contributed by atoms with van der Waals surface area (Å²) >= 11 is 0. The topological polar surface area (TPSA) is 16.4 Å². The number of furan rings is 1. The van der Waals surface area contributed by atoms with Crippen LogP contribution in [-0.2, 0) is 10.8 Å². The lowest BCUT2D eigenvalue weighted by molar-refractivity contribution is 0.629. The van der Waals surface area contributed by atoms with E-state index in [2.05, 4.69) is 237 Å². The Labute approximate surface area is 373 Å². The zero-order valence-electron chi connectivity index (χ0n) is 35.7. The highest BCUT2D eigenvalue weighted by Gasteiger charge is 2.58. The molecule has 10 aromatic rings. The van der Waals surface area contributed by atoms with E-state index in [-0.39, 0.29) is 0 Å². The quantitative estimate of drug-likeness (QED) is 0.172. The molecule has 0 fully saturated rings. The van der Waals surface area contributed by atoms with E-state index in [0.717, 1.165) is 39.0 Å². The fourth-order valence-electron chi connectivity index (χ4n) is 12.0. The molecule has 9 aromatic carbocycles. The van der Waals surface area contributed by atoms with Crippen LogP contribution >= 0.6 is 0 Å². The average Bonchev–Trinajstić information content (AvgIpc) is 3.96. The van der Waals surface area contributed by atoms with E-state index in [9.17, 15) is 0 Å². The molecule has 64 heavy (non-hydrogen) atoms. The van der Waals surface area contributed by atoms with Gasteiger partial charge >= 0.3 is 0 Å². The molecule has 3 aliphatic rings. The van der Waals surface area contributed by atoms with Gasteiger partial charge in [0.25, 0.3) is 0 Å². The normalized spacial score (nSPS) is 15.0. The van der Waals surface area contributed by atoms with Gasteiger partial charge in [-0.1, -0.05) is 182 Å². The summed E-state index contributed by atoms with van der Waals surface area (Å²) in [6.07, 6.45) is 2.49. The minimum atomic E-state index is -0.599. The van der Waals surface area contributed by atoms with Crippen molar-refractivity contribution in [3.63, 3.8) is 0 Å². The first kappa shape index (κ1) is 36.7. The smallest absolute Gasteiger partial charge is 0.137 e. The van der Waals surface area contributed by atoms with Gasteiger partial charge in [0.2, 0.25) is 0 Å². The van der Waals surface area contributed by atoms with Crippen molar-refractivity contribution in [2.24, 2.45) is 0 Å². The largest absolute Gasteiger partial charge is 0.456 e. The van der Waals surface area contributed by atoms with Crippen molar-refractivity contribution in [1.29, 1.82) is 0 Å². The Kier molecular flexibility index (Phi) is 7.90. The van der Waals surface area contributed by atoms with Gasteiger partial charge in [-0.05, 0) is 128 Å². The molecule has 1 heterocycles. The fourth-order valence-corrected chi connectivity index (χ4v) is 12.0. The second-order valence-corrected chi connectivity index (χ2v) is 17.6. The van der Waals surface area contributed by atoms with E-state index in [1.165, 1.54) is 77.9 Å².